The van der Waals surface area contributed by atoms with Crippen molar-refractivity contribution in [1.29, 1.82) is 0 Å². The Morgan fingerprint density at radius 1 is 1.18 bits per heavy atom. The predicted molar refractivity (Wildman–Crippen MR) is 94.9 cm³/mol. The fraction of sp³-hybridized carbons (Fsp3) is 0.947. The maximum absolute atomic E-state index is 12.2. The Labute approximate surface area is 138 Å². The summed E-state index contributed by atoms with van der Waals surface area (Å²) in [6.07, 6.45) is 5.99. The number of hydrogen-bond donors (Lipinski definition) is 0. The molecule has 1 aliphatic rings. The van der Waals surface area contributed by atoms with Gasteiger partial charge in [0.1, 0.15) is 0 Å². The zero-order chi connectivity index (χ0) is 16.8. The molecule has 22 heavy (non-hydrogen) atoms. The van der Waals surface area contributed by atoms with Crippen LogP contribution in [0, 0.1) is 17.3 Å². The maximum Gasteiger partial charge on any atom is 0.225 e. The third-order valence-electron chi connectivity index (χ3n) is 5.49. The molecule has 0 bridgehead atoms. The molecule has 0 aromatic heterocycles. The SMILES string of the molecule is CCC(C)C(=O)N1CC(CC)(CCN(C)CCCC(C)C)C1. The molecule has 1 rings (SSSR count). The Kier molecular flexibility index (Phi) is 7.88. The Morgan fingerprint density at radius 2 is 1.82 bits per heavy atom. The molecule has 0 aromatic rings. The molecule has 1 heterocycles. The highest BCUT2D eigenvalue weighted by Gasteiger charge is 2.43. The summed E-state index contributed by atoms with van der Waals surface area (Å²) in [5, 5.41) is 0. The van der Waals surface area contributed by atoms with Gasteiger partial charge in [0.25, 0.3) is 0 Å². The lowest BCUT2D eigenvalue weighted by Gasteiger charge is -2.51. The van der Waals surface area contributed by atoms with Crippen LogP contribution in [-0.4, -0.2) is 48.9 Å². The summed E-state index contributed by atoms with van der Waals surface area (Å²) in [6, 6.07) is 0. The topological polar surface area (TPSA) is 23.6 Å². The van der Waals surface area contributed by atoms with E-state index in [-0.39, 0.29) is 5.92 Å². The first-order chi connectivity index (χ1) is 10.3. The Morgan fingerprint density at radius 3 is 2.32 bits per heavy atom. The van der Waals surface area contributed by atoms with Crippen molar-refractivity contribution in [2.24, 2.45) is 17.3 Å². The van der Waals surface area contributed by atoms with Crippen LogP contribution >= 0.6 is 0 Å². The number of amides is 1. The minimum absolute atomic E-state index is 0.188. The number of rotatable bonds is 10. The molecule has 3 nitrogen and oxygen atoms in total. The fourth-order valence-corrected chi connectivity index (χ4v) is 3.27. The standard InChI is InChI=1S/C19H38N2O/c1-7-17(5)18(22)21-14-19(8-2,15-21)11-13-20(6)12-9-10-16(3)4/h16-17H,7-15H2,1-6H3. The van der Waals surface area contributed by atoms with E-state index < -0.39 is 0 Å². The van der Waals surface area contributed by atoms with E-state index in [0.717, 1.165) is 32.0 Å². The summed E-state index contributed by atoms with van der Waals surface area (Å²) in [5.41, 5.74) is 0.384. The molecule has 1 amide bonds. The Hall–Kier alpha value is -0.570. The van der Waals surface area contributed by atoms with E-state index in [1.54, 1.807) is 0 Å². The third-order valence-corrected chi connectivity index (χ3v) is 5.49. The first-order valence-electron chi connectivity index (χ1n) is 9.31. The van der Waals surface area contributed by atoms with Gasteiger partial charge in [-0.05, 0) is 58.2 Å². The third kappa shape index (κ3) is 5.57. The summed E-state index contributed by atoms with van der Waals surface area (Å²) >= 11 is 0. The summed E-state index contributed by atoms with van der Waals surface area (Å²) in [4.78, 5) is 16.8. The molecule has 0 spiro atoms. The fourth-order valence-electron chi connectivity index (χ4n) is 3.27. The summed E-state index contributed by atoms with van der Waals surface area (Å²) in [7, 11) is 2.24. The lowest BCUT2D eigenvalue weighted by Crippen LogP contribution is -2.59. The average molecular weight is 311 g/mol. The Balaban J connectivity index is 2.30. The first-order valence-corrected chi connectivity index (χ1v) is 9.31. The van der Waals surface area contributed by atoms with Gasteiger partial charge >= 0.3 is 0 Å². The van der Waals surface area contributed by atoms with E-state index in [4.69, 9.17) is 0 Å². The highest BCUT2D eigenvalue weighted by molar-refractivity contribution is 5.79. The van der Waals surface area contributed by atoms with E-state index in [1.165, 1.54) is 32.2 Å². The van der Waals surface area contributed by atoms with Crippen molar-refractivity contribution in [2.75, 3.05) is 33.2 Å². The molecule has 1 atom stereocenters. The van der Waals surface area contributed by atoms with E-state index in [2.05, 4.69) is 51.5 Å². The molecular weight excluding hydrogens is 272 g/mol. The molecule has 0 aromatic carbocycles. The molecule has 0 N–H and O–H groups in total. The van der Waals surface area contributed by atoms with Crippen molar-refractivity contribution in [3.05, 3.63) is 0 Å². The molecule has 0 aliphatic carbocycles. The molecule has 0 radical (unpaired) electrons. The number of hydrogen-bond acceptors (Lipinski definition) is 2. The van der Waals surface area contributed by atoms with Crippen LogP contribution in [-0.2, 0) is 4.79 Å². The zero-order valence-electron chi connectivity index (χ0n) is 15.8. The lowest BCUT2D eigenvalue weighted by atomic mass is 9.74. The molecule has 1 fully saturated rings. The van der Waals surface area contributed by atoms with Crippen LogP contribution in [0.25, 0.3) is 0 Å². The van der Waals surface area contributed by atoms with Gasteiger partial charge in [-0.3, -0.25) is 4.79 Å². The predicted octanol–water partition coefficient (Wildman–Crippen LogP) is 4.03. The van der Waals surface area contributed by atoms with Crippen molar-refractivity contribution >= 4 is 5.91 Å². The second-order valence-corrected chi connectivity index (χ2v) is 7.95. The van der Waals surface area contributed by atoms with E-state index >= 15 is 0 Å². The summed E-state index contributed by atoms with van der Waals surface area (Å²) in [5.74, 6) is 1.35. The van der Waals surface area contributed by atoms with Crippen LogP contribution in [0.4, 0.5) is 0 Å². The van der Waals surface area contributed by atoms with Crippen molar-refractivity contribution in [3.8, 4) is 0 Å². The summed E-state index contributed by atoms with van der Waals surface area (Å²) in [6.45, 7) is 15.3. The van der Waals surface area contributed by atoms with Crippen LogP contribution in [0.15, 0.2) is 0 Å². The van der Waals surface area contributed by atoms with Crippen LogP contribution in [0.3, 0.4) is 0 Å². The molecule has 130 valence electrons. The Bertz CT molecular complexity index is 334. The average Bonchev–Trinajstić information content (AvgIpc) is 2.44. The normalized spacial score (nSPS) is 18.6. The van der Waals surface area contributed by atoms with Gasteiger partial charge in [-0.15, -0.1) is 0 Å². The van der Waals surface area contributed by atoms with Crippen molar-refractivity contribution in [3.63, 3.8) is 0 Å². The number of likely N-dealkylation sites (tertiary alicyclic amines) is 1. The minimum atomic E-state index is 0.188. The number of nitrogens with zero attached hydrogens (tertiary/aromatic N) is 2. The van der Waals surface area contributed by atoms with Gasteiger partial charge in [0, 0.05) is 24.4 Å². The van der Waals surface area contributed by atoms with Crippen molar-refractivity contribution < 1.29 is 4.79 Å². The van der Waals surface area contributed by atoms with Gasteiger partial charge in [0.15, 0.2) is 0 Å². The molecule has 3 heteroatoms. The molecule has 1 unspecified atom stereocenters. The van der Waals surface area contributed by atoms with E-state index in [9.17, 15) is 4.79 Å². The molecular formula is C19H38N2O. The molecule has 1 aliphatic heterocycles. The monoisotopic (exact) mass is 310 g/mol. The zero-order valence-corrected chi connectivity index (χ0v) is 15.8. The van der Waals surface area contributed by atoms with Gasteiger partial charge in [0.05, 0.1) is 0 Å². The van der Waals surface area contributed by atoms with Gasteiger partial charge in [-0.1, -0.05) is 34.6 Å². The van der Waals surface area contributed by atoms with Crippen molar-refractivity contribution in [1.82, 2.24) is 9.80 Å². The second kappa shape index (κ2) is 8.90. The van der Waals surface area contributed by atoms with E-state index in [0.29, 0.717) is 11.3 Å². The van der Waals surface area contributed by atoms with Gasteiger partial charge < -0.3 is 9.80 Å². The quantitative estimate of drug-likeness (QED) is 0.608. The van der Waals surface area contributed by atoms with Crippen LogP contribution in [0.1, 0.15) is 66.7 Å². The molecule has 1 saturated heterocycles. The van der Waals surface area contributed by atoms with Crippen LogP contribution in [0.2, 0.25) is 0 Å². The molecule has 0 saturated carbocycles. The lowest BCUT2D eigenvalue weighted by molar-refractivity contribution is -0.148. The largest absolute Gasteiger partial charge is 0.341 e. The minimum Gasteiger partial charge on any atom is -0.341 e. The highest BCUT2D eigenvalue weighted by atomic mass is 16.2. The van der Waals surface area contributed by atoms with Gasteiger partial charge in [0.2, 0.25) is 5.91 Å². The van der Waals surface area contributed by atoms with E-state index in [1.807, 2.05) is 0 Å². The van der Waals surface area contributed by atoms with Crippen LogP contribution in [0.5, 0.6) is 0 Å². The second-order valence-electron chi connectivity index (χ2n) is 7.95. The first kappa shape index (κ1) is 19.5. The van der Waals surface area contributed by atoms with Crippen molar-refractivity contribution in [2.45, 2.75) is 66.7 Å². The van der Waals surface area contributed by atoms with Gasteiger partial charge in [-0.25, -0.2) is 0 Å². The number of carbonyl (C=O) groups excluding carboxylic acids is 1. The van der Waals surface area contributed by atoms with Gasteiger partial charge in [-0.2, -0.15) is 0 Å². The maximum atomic E-state index is 12.2. The summed E-state index contributed by atoms with van der Waals surface area (Å²) < 4.78 is 0. The smallest absolute Gasteiger partial charge is 0.225 e. The highest BCUT2D eigenvalue weighted by Crippen LogP contribution is 2.38. The number of carbonyl (C=O) groups is 1. The van der Waals surface area contributed by atoms with Crippen LogP contribution < -0.4 is 0 Å².